The van der Waals surface area contributed by atoms with Crippen LogP contribution in [0.4, 0.5) is 0 Å². The molecule has 5 heteroatoms. The first-order valence-corrected chi connectivity index (χ1v) is 8.62. The molecule has 1 unspecified atom stereocenters. The Hall–Kier alpha value is -2.07. The SMILES string of the molecule is CC1(C)CC(=O)c2cc(C3CC(c4ccc(Cl)cc4)=NN3)[nH]c2C1. The van der Waals surface area contributed by atoms with Crippen LogP contribution in [0.1, 0.15) is 60.0 Å². The molecule has 1 aliphatic heterocycles. The van der Waals surface area contributed by atoms with E-state index in [4.69, 9.17) is 11.6 Å². The molecule has 1 atom stereocenters. The van der Waals surface area contributed by atoms with Gasteiger partial charge in [0.2, 0.25) is 0 Å². The number of hydrogen-bond donors (Lipinski definition) is 2. The molecule has 0 saturated heterocycles. The highest BCUT2D eigenvalue weighted by Crippen LogP contribution is 2.36. The summed E-state index contributed by atoms with van der Waals surface area (Å²) in [5.41, 5.74) is 8.26. The van der Waals surface area contributed by atoms with Crippen LogP contribution < -0.4 is 5.43 Å². The van der Waals surface area contributed by atoms with E-state index in [-0.39, 0.29) is 17.2 Å². The number of halogens is 1. The van der Waals surface area contributed by atoms with Crippen molar-refractivity contribution in [1.82, 2.24) is 10.4 Å². The lowest BCUT2D eigenvalue weighted by atomic mass is 9.76. The predicted molar refractivity (Wildman–Crippen MR) is 95.7 cm³/mol. The van der Waals surface area contributed by atoms with Crippen LogP contribution in [0, 0.1) is 5.41 Å². The molecule has 2 aromatic rings. The third-order valence-electron chi connectivity index (χ3n) is 4.82. The summed E-state index contributed by atoms with van der Waals surface area (Å²) in [5, 5.41) is 5.19. The second-order valence-corrected chi connectivity index (χ2v) is 7.95. The lowest BCUT2D eigenvalue weighted by molar-refractivity contribution is 0.0912. The minimum atomic E-state index is 0.0281. The number of hydrogen-bond acceptors (Lipinski definition) is 3. The summed E-state index contributed by atoms with van der Waals surface area (Å²) >= 11 is 5.95. The topological polar surface area (TPSA) is 57.2 Å². The van der Waals surface area contributed by atoms with Gasteiger partial charge in [0.15, 0.2) is 5.78 Å². The molecule has 1 aromatic carbocycles. The number of aromatic nitrogens is 1. The van der Waals surface area contributed by atoms with Gasteiger partial charge < -0.3 is 10.4 Å². The molecule has 124 valence electrons. The van der Waals surface area contributed by atoms with Crippen LogP contribution in [-0.4, -0.2) is 16.5 Å². The first-order chi connectivity index (χ1) is 11.4. The summed E-state index contributed by atoms with van der Waals surface area (Å²) in [6.45, 7) is 4.29. The minimum absolute atomic E-state index is 0.0281. The van der Waals surface area contributed by atoms with Crippen molar-refractivity contribution in [1.29, 1.82) is 0 Å². The van der Waals surface area contributed by atoms with Gasteiger partial charge in [-0.05, 0) is 35.6 Å². The highest BCUT2D eigenvalue weighted by atomic mass is 35.5. The van der Waals surface area contributed by atoms with Gasteiger partial charge in [0.05, 0.1) is 11.8 Å². The zero-order valence-corrected chi connectivity index (χ0v) is 14.6. The van der Waals surface area contributed by atoms with Gasteiger partial charge in [-0.15, -0.1) is 0 Å². The third kappa shape index (κ3) is 2.75. The van der Waals surface area contributed by atoms with E-state index in [9.17, 15) is 4.79 Å². The average molecular weight is 342 g/mol. The van der Waals surface area contributed by atoms with Crippen molar-refractivity contribution in [2.45, 2.75) is 39.2 Å². The lowest BCUT2D eigenvalue weighted by Gasteiger charge is -2.27. The van der Waals surface area contributed by atoms with E-state index >= 15 is 0 Å². The maximum atomic E-state index is 12.4. The summed E-state index contributed by atoms with van der Waals surface area (Å²) < 4.78 is 0. The fraction of sp³-hybridized carbons (Fsp3) is 0.368. The summed E-state index contributed by atoms with van der Waals surface area (Å²) in [5.74, 6) is 0.237. The second-order valence-electron chi connectivity index (χ2n) is 7.51. The molecular weight excluding hydrogens is 322 g/mol. The monoisotopic (exact) mass is 341 g/mol. The number of carbonyl (C=O) groups excluding carboxylic acids is 1. The van der Waals surface area contributed by atoms with Gasteiger partial charge in [-0.25, -0.2) is 0 Å². The van der Waals surface area contributed by atoms with Crippen LogP contribution in [-0.2, 0) is 6.42 Å². The maximum absolute atomic E-state index is 12.4. The zero-order chi connectivity index (χ0) is 16.9. The molecule has 0 bridgehead atoms. The van der Waals surface area contributed by atoms with Crippen LogP contribution in [0.15, 0.2) is 35.4 Å². The summed E-state index contributed by atoms with van der Waals surface area (Å²) in [4.78, 5) is 15.8. The second kappa shape index (κ2) is 5.49. The number of Topliss-reactive ketones (excluding diaryl/α,β-unsaturated/α-hetero) is 1. The maximum Gasteiger partial charge on any atom is 0.165 e. The van der Waals surface area contributed by atoms with Crippen LogP contribution in [0.5, 0.6) is 0 Å². The fourth-order valence-corrected chi connectivity index (χ4v) is 3.74. The first-order valence-electron chi connectivity index (χ1n) is 8.24. The highest BCUT2D eigenvalue weighted by molar-refractivity contribution is 6.30. The summed E-state index contributed by atoms with van der Waals surface area (Å²) in [6.07, 6.45) is 2.31. The number of benzene rings is 1. The zero-order valence-electron chi connectivity index (χ0n) is 13.8. The molecule has 0 radical (unpaired) electrons. The Morgan fingerprint density at radius 2 is 1.96 bits per heavy atom. The number of H-pyrrole nitrogens is 1. The van der Waals surface area contributed by atoms with E-state index in [0.29, 0.717) is 6.42 Å². The lowest BCUT2D eigenvalue weighted by Crippen LogP contribution is -2.26. The van der Waals surface area contributed by atoms with Gasteiger partial charge >= 0.3 is 0 Å². The molecule has 0 amide bonds. The molecule has 0 saturated carbocycles. The van der Waals surface area contributed by atoms with E-state index in [2.05, 4.69) is 29.4 Å². The van der Waals surface area contributed by atoms with Gasteiger partial charge in [-0.1, -0.05) is 37.6 Å². The molecule has 0 fully saturated rings. The Bertz CT molecular complexity index is 833. The van der Waals surface area contributed by atoms with Crippen molar-refractivity contribution in [2.75, 3.05) is 0 Å². The average Bonchev–Trinajstić information content (AvgIpc) is 3.13. The Morgan fingerprint density at radius 1 is 1.21 bits per heavy atom. The molecule has 2 N–H and O–H groups in total. The van der Waals surface area contributed by atoms with Gasteiger partial charge in [-0.2, -0.15) is 5.10 Å². The predicted octanol–water partition coefficient (Wildman–Crippen LogP) is 4.26. The van der Waals surface area contributed by atoms with Gasteiger partial charge in [0.25, 0.3) is 0 Å². The fourth-order valence-electron chi connectivity index (χ4n) is 3.61. The van der Waals surface area contributed by atoms with Crippen molar-refractivity contribution in [3.8, 4) is 0 Å². The molecule has 24 heavy (non-hydrogen) atoms. The number of hydrazone groups is 1. The smallest absolute Gasteiger partial charge is 0.165 e. The van der Waals surface area contributed by atoms with Gasteiger partial charge in [0, 0.05) is 34.8 Å². The minimum Gasteiger partial charge on any atom is -0.360 e. The molecule has 2 aliphatic rings. The van der Waals surface area contributed by atoms with Crippen LogP contribution in [0.2, 0.25) is 5.02 Å². The Balaban J connectivity index is 1.55. The Labute approximate surface area is 146 Å². The van der Waals surface area contributed by atoms with Crippen molar-refractivity contribution in [3.63, 3.8) is 0 Å². The standard InChI is InChI=1S/C19H20ClN3O/c1-19(2)9-17-13(18(24)10-19)7-15(21-17)16-8-14(22-23-16)11-3-5-12(20)6-4-11/h3-7,16,21,23H,8-10H2,1-2H3. The number of ketones is 1. The van der Waals surface area contributed by atoms with E-state index < -0.39 is 0 Å². The Morgan fingerprint density at radius 3 is 2.71 bits per heavy atom. The molecule has 0 spiro atoms. The number of aromatic amines is 1. The molecule has 4 rings (SSSR count). The third-order valence-corrected chi connectivity index (χ3v) is 5.07. The molecule has 4 nitrogen and oxygen atoms in total. The van der Waals surface area contributed by atoms with Gasteiger partial charge in [-0.3, -0.25) is 4.79 Å². The van der Waals surface area contributed by atoms with Crippen molar-refractivity contribution < 1.29 is 4.79 Å². The van der Waals surface area contributed by atoms with Crippen molar-refractivity contribution in [3.05, 3.63) is 57.9 Å². The van der Waals surface area contributed by atoms with E-state index in [1.165, 1.54) is 0 Å². The normalized spacial score (nSPS) is 22.0. The highest BCUT2D eigenvalue weighted by Gasteiger charge is 2.34. The number of nitrogens with one attached hydrogen (secondary N) is 2. The largest absolute Gasteiger partial charge is 0.360 e. The number of rotatable bonds is 2. The van der Waals surface area contributed by atoms with Crippen LogP contribution in [0.3, 0.4) is 0 Å². The van der Waals surface area contributed by atoms with Crippen molar-refractivity contribution >= 4 is 23.1 Å². The number of carbonyl (C=O) groups is 1. The molecule has 1 aromatic heterocycles. The number of nitrogens with zero attached hydrogens (tertiary/aromatic N) is 1. The summed E-state index contributed by atoms with van der Waals surface area (Å²) in [7, 11) is 0. The van der Waals surface area contributed by atoms with E-state index in [0.717, 1.165) is 46.1 Å². The quantitative estimate of drug-likeness (QED) is 0.857. The Kier molecular flexibility index (Phi) is 3.53. The van der Waals surface area contributed by atoms with Crippen LogP contribution in [0.25, 0.3) is 0 Å². The van der Waals surface area contributed by atoms with Gasteiger partial charge in [0.1, 0.15) is 0 Å². The molecule has 1 aliphatic carbocycles. The van der Waals surface area contributed by atoms with Crippen molar-refractivity contribution in [2.24, 2.45) is 10.5 Å². The molecular formula is C19H20ClN3O. The van der Waals surface area contributed by atoms with E-state index in [1.807, 2.05) is 30.3 Å². The number of fused-ring (bicyclic) bond motifs is 1. The molecule has 2 heterocycles. The summed E-state index contributed by atoms with van der Waals surface area (Å²) in [6, 6.07) is 9.80. The van der Waals surface area contributed by atoms with E-state index in [1.54, 1.807) is 0 Å². The first kappa shape index (κ1) is 15.5. The van der Waals surface area contributed by atoms with Crippen LogP contribution >= 0.6 is 11.6 Å².